The van der Waals surface area contributed by atoms with E-state index in [1.54, 1.807) is 12.2 Å². The maximum Gasteiger partial charge on any atom is 0.310 e. The first kappa shape index (κ1) is 15.6. The average Bonchev–Trinajstić information content (AvgIpc) is 2.36. The number of carbonyl (C=O) groups is 2. The van der Waals surface area contributed by atoms with Gasteiger partial charge >= 0.3 is 11.9 Å². The van der Waals surface area contributed by atoms with E-state index in [4.69, 9.17) is 9.29 Å². The van der Waals surface area contributed by atoms with Crippen molar-refractivity contribution in [3.8, 4) is 0 Å². The summed E-state index contributed by atoms with van der Waals surface area (Å²) in [5.41, 5.74) is 0. The average molecular weight is 292 g/mol. The molecule has 108 valence electrons. The van der Waals surface area contributed by atoms with Crippen LogP contribution in [0.1, 0.15) is 12.8 Å². The third-order valence-electron chi connectivity index (χ3n) is 2.82. The van der Waals surface area contributed by atoms with E-state index in [0.717, 1.165) is 0 Å². The molecule has 0 spiro atoms. The van der Waals surface area contributed by atoms with Crippen molar-refractivity contribution in [2.75, 3.05) is 19.5 Å². The molecule has 1 aliphatic carbocycles. The van der Waals surface area contributed by atoms with Crippen LogP contribution in [0.4, 0.5) is 0 Å². The predicted molar refractivity (Wildman–Crippen MR) is 64.7 cm³/mol. The molecule has 1 rings (SSSR count). The van der Waals surface area contributed by atoms with Gasteiger partial charge in [0.1, 0.15) is 12.4 Å². The van der Waals surface area contributed by atoms with Crippen LogP contribution in [0.3, 0.4) is 0 Å². The largest absolute Gasteiger partial charge is 0.469 e. The summed E-state index contributed by atoms with van der Waals surface area (Å²) in [6, 6.07) is 0. The summed E-state index contributed by atoms with van der Waals surface area (Å²) < 4.78 is 38.9. The molecule has 0 amide bonds. The lowest BCUT2D eigenvalue weighted by Crippen LogP contribution is -2.33. The van der Waals surface area contributed by atoms with Gasteiger partial charge in [-0.1, -0.05) is 12.2 Å². The van der Waals surface area contributed by atoms with E-state index >= 15 is 0 Å². The highest BCUT2D eigenvalue weighted by Crippen LogP contribution is 2.27. The molecule has 0 bridgehead atoms. The molecule has 0 radical (unpaired) electrons. The Hall–Kier alpha value is -1.41. The van der Waals surface area contributed by atoms with E-state index in [9.17, 15) is 18.0 Å². The van der Waals surface area contributed by atoms with Crippen LogP contribution in [0.2, 0.25) is 0 Å². The summed E-state index contributed by atoms with van der Waals surface area (Å²) in [7, 11) is -2.93. The number of ether oxygens (including phenoxy) is 2. The second kappa shape index (κ2) is 6.67. The number of hydrogen-bond donors (Lipinski definition) is 1. The fraction of sp³-hybridized carbons (Fsp3) is 0.636. The van der Waals surface area contributed by atoms with Crippen molar-refractivity contribution in [2.24, 2.45) is 11.8 Å². The zero-order valence-electron chi connectivity index (χ0n) is 10.4. The lowest BCUT2D eigenvalue weighted by atomic mass is 9.83. The predicted octanol–water partition coefficient (Wildman–Crippen LogP) is 0.173. The van der Waals surface area contributed by atoms with Gasteiger partial charge in [0.05, 0.1) is 18.9 Å². The fourth-order valence-corrected chi connectivity index (χ4v) is 2.14. The molecule has 0 aromatic carbocycles. The minimum absolute atomic E-state index is 0.338. The Kier molecular flexibility index (Phi) is 5.49. The minimum Gasteiger partial charge on any atom is -0.469 e. The molecule has 7 nitrogen and oxygen atoms in total. The Bertz CT molecular complexity index is 465. The molecule has 19 heavy (non-hydrogen) atoms. The van der Waals surface area contributed by atoms with Gasteiger partial charge in [-0.25, -0.2) is 0 Å². The van der Waals surface area contributed by atoms with Crippen molar-refractivity contribution >= 4 is 22.1 Å². The summed E-state index contributed by atoms with van der Waals surface area (Å²) in [4.78, 5) is 23.3. The molecule has 0 saturated heterocycles. The first-order chi connectivity index (χ1) is 8.85. The Morgan fingerprint density at radius 1 is 1.21 bits per heavy atom. The number of allylic oxidation sites excluding steroid dienone is 2. The molecular formula is C11H16O7S. The highest BCUT2D eigenvalue weighted by molar-refractivity contribution is 7.85. The number of rotatable bonds is 5. The van der Waals surface area contributed by atoms with Crippen molar-refractivity contribution < 1.29 is 32.0 Å². The lowest BCUT2D eigenvalue weighted by Gasteiger charge is -2.24. The van der Waals surface area contributed by atoms with Gasteiger partial charge in [-0.3, -0.25) is 14.1 Å². The fourth-order valence-electron chi connectivity index (χ4n) is 1.84. The van der Waals surface area contributed by atoms with Crippen molar-refractivity contribution in [1.29, 1.82) is 0 Å². The van der Waals surface area contributed by atoms with Crippen molar-refractivity contribution in [1.82, 2.24) is 0 Å². The summed E-state index contributed by atoms with van der Waals surface area (Å²) in [6.07, 6.45) is 4.26. The number of carbonyl (C=O) groups excluding carboxylic acids is 2. The molecule has 0 aliphatic heterocycles. The number of esters is 2. The molecule has 0 fully saturated rings. The van der Waals surface area contributed by atoms with Gasteiger partial charge in [-0.2, -0.15) is 8.42 Å². The lowest BCUT2D eigenvalue weighted by molar-refractivity contribution is -0.159. The SMILES string of the molecule is COC(=O)C1CC=CC[C@@H]1C(=O)OCCS(=O)(=O)O. The van der Waals surface area contributed by atoms with Crippen LogP contribution in [-0.4, -0.2) is 44.4 Å². The molecular weight excluding hydrogens is 276 g/mol. The smallest absolute Gasteiger partial charge is 0.310 e. The van der Waals surface area contributed by atoms with Gasteiger partial charge in [0.25, 0.3) is 10.1 Å². The number of methoxy groups -OCH3 is 1. The third-order valence-corrected chi connectivity index (χ3v) is 3.51. The topological polar surface area (TPSA) is 107 Å². The zero-order valence-corrected chi connectivity index (χ0v) is 11.3. The van der Waals surface area contributed by atoms with E-state index in [2.05, 4.69) is 4.74 Å². The van der Waals surface area contributed by atoms with Crippen LogP contribution in [0.15, 0.2) is 12.2 Å². The van der Waals surface area contributed by atoms with E-state index in [0.29, 0.717) is 12.8 Å². The third kappa shape index (κ3) is 4.99. The maximum atomic E-state index is 11.8. The Balaban J connectivity index is 2.58. The maximum absolute atomic E-state index is 11.8. The van der Waals surface area contributed by atoms with Gasteiger partial charge in [0.15, 0.2) is 0 Å². The normalized spacial score (nSPS) is 22.8. The van der Waals surface area contributed by atoms with Gasteiger partial charge in [-0.15, -0.1) is 0 Å². The van der Waals surface area contributed by atoms with Crippen LogP contribution in [-0.2, 0) is 29.2 Å². The van der Waals surface area contributed by atoms with Gasteiger partial charge < -0.3 is 9.47 Å². The van der Waals surface area contributed by atoms with E-state index in [1.165, 1.54) is 7.11 Å². The highest BCUT2D eigenvalue weighted by Gasteiger charge is 2.35. The molecule has 1 unspecified atom stereocenters. The van der Waals surface area contributed by atoms with Gasteiger partial charge in [0, 0.05) is 0 Å². The molecule has 0 aromatic rings. The Morgan fingerprint density at radius 2 is 1.74 bits per heavy atom. The van der Waals surface area contributed by atoms with Crippen LogP contribution >= 0.6 is 0 Å². The molecule has 0 saturated carbocycles. The van der Waals surface area contributed by atoms with E-state index < -0.39 is 46.3 Å². The quantitative estimate of drug-likeness (QED) is 0.437. The molecule has 1 aliphatic rings. The van der Waals surface area contributed by atoms with Crippen LogP contribution in [0.25, 0.3) is 0 Å². The Morgan fingerprint density at radius 3 is 2.21 bits per heavy atom. The second-order valence-electron chi connectivity index (χ2n) is 4.13. The van der Waals surface area contributed by atoms with Crippen molar-refractivity contribution in [3.63, 3.8) is 0 Å². The van der Waals surface area contributed by atoms with Crippen molar-refractivity contribution in [2.45, 2.75) is 12.8 Å². The monoisotopic (exact) mass is 292 g/mol. The van der Waals surface area contributed by atoms with E-state index in [-0.39, 0.29) is 0 Å². The van der Waals surface area contributed by atoms with Crippen LogP contribution in [0.5, 0.6) is 0 Å². The van der Waals surface area contributed by atoms with Crippen LogP contribution in [0, 0.1) is 11.8 Å². The summed E-state index contributed by atoms with van der Waals surface area (Å²) >= 11 is 0. The summed E-state index contributed by atoms with van der Waals surface area (Å²) in [5.74, 6) is -3.12. The van der Waals surface area contributed by atoms with Gasteiger partial charge in [0.2, 0.25) is 0 Å². The standard InChI is InChI=1S/C11H16O7S/c1-17-10(12)8-4-2-3-5-9(8)11(13)18-6-7-19(14,15)16/h2-3,8-9H,4-7H2,1H3,(H,14,15,16)/t8?,9-/m0/s1. The molecule has 1 N–H and O–H groups in total. The number of hydrogen-bond acceptors (Lipinski definition) is 6. The summed E-state index contributed by atoms with van der Waals surface area (Å²) in [5, 5.41) is 0. The minimum atomic E-state index is -4.17. The van der Waals surface area contributed by atoms with E-state index in [1.807, 2.05) is 0 Å². The highest BCUT2D eigenvalue weighted by atomic mass is 32.2. The van der Waals surface area contributed by atoms with Crippen molar-refractivity contribution in [3.05, 3.63) is 12.2 Å². The first-order valence-electron chi connectivity index (χ1n) is 5.70. The molecule has 0 aromatic heterocycles. The zero-order chi connectivity index (χ0) is 14.5. The molecule has 0 heterocycles. The molecule has 8 heteroatoms. The van der Waals surface area contributed by atoms with Gasteiger partial charge in [-0.05, 0) is 12.8 Å². The first-order valence-corrected chi connectivity index (χ1v) is 7.30. The Labute approximate surface area is 111 Å². The molecule has 2 atom stereocenters. The second-order valence-corrected chi connectivity index (χ2v) is 5.70. The van der Waals surface area contributed by atoms with Crippen LogP contribution < -0.4 is 0 Å². The summed E-state index contributed by atoms with van der Waals surface area (Å²) in [6.45, 7) is -0.439.